The van der Waals surface area contributed by atoms with Crippen molar-refractivity contribution in [1.82, 2.24) is 4.90 Å². The van der Waals surface area contributed by atoms with Crippen LogP contribution < -0.4 is 4.74 Å². The van der Waals surface area contributed by atoms with Gasteiger partial charge < -0.3 is 14.7 Å². The monoisotopic (exact) mass is 267 g/mol. The fourth-order valence-corrected chi connectivity index (χ4v) is 2.53. The van der Waals surface area contributed by atoms with Crippen LogP contribution in [-0.2, 0) is 0 Å². The summed E-state index contributed by atoms with van der Waals surface area (Å²) in [5.41, 5.74) is 0. The van der Waals surface area contributed by atoms with E-state index in [1.165, 1.54) is 25.0 Å². The van der Waals surface area contributed by atoms with Crippen LogP contribution in [0.1, 0.15) is 19.8 Å². The molecule has 1 fully saturated rings. The average Bonchev–Trinajstić information content (AvgIpc) is 2.38. The summed E-state index contributed by atoms with van der Waals surface area (Å²) in [6, 6.07) is 5.86. The summed E-state index contributed by atoms with van der Waals surface area (Å²) in [6.07, 6.45) is 1.97. The van der Waals surface area contributed by atoms with E-state index in [0.29, 0.717) is 18.2 Å². The van der Waals surface area contributed by atoms with Gasteiger partial charge in [-0.2, -0.15) is 0 Å². The van der Waals surface area contributed by atoms with Crippen molar-refractivity contribution in [3.05, 3.63) is 30.1 Å². The molecule has 0 bridgehead atoms. The van der Waals surface area contributed by atoms with Gasteiger partial charge in [0.05, 0.1) is 0 Å². The second-order valence-corrected chi connectivity index (χ2v) is 5.43. The van der Waals surface area contributed by atoms with Crippen molar-refractivity contribution in [3.63, 3.8) is 0 Å². The van der Waals surface area contributed by atoms with Crippen molar-refractivity contribution in [3.8, 4) is 5.75 Å². The Morgan fingerprint density at radius 2 is 2.16 bits per heavy atom. The number of piperidine rings is 1. The molecular formula is C15H22FNO2. The molecule has 0 amide bonds. The van der Waals surface area contributed by atoms with E-state index < -0.39 is 6.10 Å². The van der Waals surface area contributed by atoms with Crippen molar-refractivity contribution < 1.29 is 14.2 Å². The molecule has 1 aromatic carbocycles. The number of nitrogens with zero attached hydrogens (tertiary/aromatic N) is 1. The van der Waals surface area contributed by atoms with E-state index >= 15 is 0 Å². The van der Waals surface area contributed by atoms with Crippen LogP contribution in [-0.4, -0.2) is 42.4 Å². The predicted molar refractivity (Wildman–Crippen MR) is 72.7 cm³/mol. The molecule has 0 aliphatic carbocycles. The number of halogens is 1. The molecule has 2 rings (SSSR count). The van der Waals surface area contributed by atoms with Crippen molar-refractivity contribution in [2.24, 2.45) is 5.92 Å². The van der Waals surface area contributed by atoms with Crippen molar-refractivity contribution >= 4 is 0 Å². The predicted octanol–water partition coefficient (Wildman–Crippen LogP) is 2.30. The Bertz CT molecular complexity index is 382. The molecule has 2 atom stereocenters. The van der Waals surface area contributed by atoms with Crippen molar-refractivity contribution in [1.29, 1.82) is 0 Å². The first-order valence-corrected chi connectivity index (χ1v) is 6.92. The summed E-state index contributed by atoms with van der Waals surface area (Å²) in [4.78, 5) is 2.28. The molecule has 4 heteroatoms. The van der Waals surface area contributed by atoms with Gasteiger partial charge in [0.2, 0.25) is 0 Å². The van der Waals surface area contributed by atoms with Crippen LogP contribution in [0.15, 0.2) is 24.3 Å². The summed E-state index contributed by atoms with van der Waals surface area (Å²) in [7, 11) is 0. The van der Waals surface area contributed by atoms with E-state index in [2.05, 4.69) is 11.8 Å². The minimum atomic E-state index is -0.504. The van der Waals surface area contributed by atoms with Crippen molar-refractivity contribution in [2.45, 2.75) is 25.9 Å². The van der Waals surface area contributed by atoms with E-state index in [-0.39, 0.29) is 12.4 Å². The molecule has 1 heterocycles. The highest BCUT2D eigenvalue weighted by atomic mass is 19.1. The minimum absolute atomic E-state index is 0.247. The topological polar surface area (TPSA) is 32.7 Å². The van der Waals surface area contributed by atoms with Gasteiger partial charge in [-0.25, -0.2) is 4.39 Å². The number of benzene rings is 1. The number of hydrogen-bond donors (Lipinski definition) is 1. The number of rotatable bonds is 5. The summed E-state index contributed by atoms with van der Waals surface area (Å²) >= 11 is 0. The maximum Gasteiger partial charge on any atom is 0.123 e. The van der Waals surface area contributed by atoms with Crippen LogP contribution in [0.3, 0.4) is 0 Å². The van der Waals surface area contributed by atoms with E-state index in [1.807, 2.05) is 0 Å². The Labute approximate surface area is 114 Å². The number of likely N-dealkylation sites (tertiary alicyclic amines) is 1. The molecule has 19 heavy (non-hydrogen) atoms. The van der Waals surface area contributed by atoms with Crippen LogP contribution in [0.25, 0.3) is 0 Å². The van der Waals surface area contributed by atoms with Gasteiger partial charge >= 0.3 is 0 Å². The van der Waals surface area contributed by atoms with Crippen LogP contribution in [0.2, 0.25) is 0 Å². The number of ether oxygens (including phenoxy) is 1. The van der Waals surface area contributed by atoms with Gasteiger partial charge in [-0.1, -0.05) is 6.92 Å². The highest BCUT2D eigenvalue weighted by Gasteiger charge is 2.19. The highest BCUT2D eigenvalue weighted by molar-refractivity contribution is 5.22. The lowest BCUT2D eigenvalue weighted by molar-refractivity contribution is 0.0537. The SMILES string of the molecule is C[C@H]1CCCN(C[C@@H](O)COc2ccc(F)cc2)C1. The van der Waals surface area contributed by atoms with Gasteiger partial charge in [-0.3, -0.25) is 0 Å². The Hall–Kier alpha value is -1.13. The number of β-amino-alcohol motifs (C(OH)–C–C–N with tert-alkyl or cyclic N) is 1. The Balaban J connectivity index is 1.72. The molecule has 0 unspecified atom stereocenters. The first-order chi connectivity index (χ1) is 9.13. The second kappa shape index (κ2) is 6.87. The van der Waals surface area contributed by atoms with Crippen LogP contribution in [0.4, 0.5) is 4.39 Å². The molecule has 3 nitrogen and oxygen atoms in total. The molecule has 1 saturated heterocycles. The normalized spacial score (nSPS) is 22.2. The summed E-state index contributed by atoms with van der Waals surface area (Å²) in [5.74, 6) is 1.02. The fraction of sp³-hybridized carbons (Fsp3) is 0.600. The summed E-state index contributed by atoms with van der Waals surface area (Å²) in [6.45, 7) is 5.24. The standard InChI is InChI=1S/C15H22FNO2/c1-12-3-2-8-17(9-12)10-14(18)11-19-15-6-4-13(16)5-7-15/h4-7,12,14,18H,2-3,8-11H2,1H3/t12-,14+/m0/s1. The van der Waals surface area contributed by atoms with Gasteiger partial charge in [0.25, 0.3) is 0 Å². The number of hydrogen-bond acceptors (Lipinski definition) is 3. The largest absolute Gasteiger partial charge is 0.491 e. The first-order valence-electron chi connectivity index (χ1n) is 6.92. The summed E-state index contributed by atoms with van der Waals surface area (Å²) < 4.78 is 18.2. The zero-order valence-electron chi connectivity index (χ0n) is 11.4. The molecule has 1 N–H and O–H groups in total. The van der Waals surface area contributed by atoms with E-state index in [9.17, 15) is 9.50 Å². The Kier molecular flexibility index (Phi) is 5.16. The van der Waals surface area contributed by atoms with Crippen LogP contribution in [0, 0.1) is 11.7 Å². The van der Waals surface area contributed by atoms with Gasteiger partial charge in [-0.15, -0.1) is 0 Å². The molecule has 1 aromatic rings. The Morgan fingerprint density at radius 1 is 1.42 bits per heavy atom. The summed E-state index contributed by atoms with van der Waals surface area (Å²) in [5, 5.41) is 9.96. The Morgan fingerprint density at radius 3 is 2.84 bits per heavy atom. The molecule has 1 aliphatic rings. The lowest BCUT2D eigenvalue weighted by atomic mass is 10.0. The fourth-order valence-electron chi connectivity index (χ4n) is 2.53. The molecule has 0 saturated carbocycles. The maximum absolute atomic E-state index is 12.7. The van der Waals surface area contributed by atoms with E-state index in [0.717, 1.165) is 13.1 Å². The zero-order valence-corrected chi connectivity index (χ0v) is 11.4. The number of aliphatic hydroxyl groups is 1. The smallest absolute Gasteiger partial charge is 0.123 e. The van der Waals surface area contributed by atoms with Gasteiger partial charge in [0, 0.05) is 13.1 Å². The van der Waals surface area contributed by atoms with Gasteiger partial charge in [0.1, 0.15) is 24.3 Å². The third-order valence-corrected chi connectivity index (χ3v) is 3.47. The van der Waals surface area contributed by atoms with Crippen LogP contribution in [0.5, 0.6) is 5.75 Å². The maximum atomic E-state index is 12.7. The van der Waals surface area contributed by atoms with E-state index in [4.69, 9.17) is 4.74 Å². The van der Waals surface area contributed by atoms with Crippen LogP contribution >= 0.6 is 0 Å². The zero-order chi connectivity index (χ0) is 13.7. The second-order valence-electron chi connectivity index (χ2n) is 5.43. The molecule has 0 spiro atoms. The third-order valence-electron chi connectivity index (χ3n) is 3.47. The molecule has 0 aromatic heterocycles. The minimum Gasteiger partial charge on any atom is -0.491 e. The lowest BCUT2D eigenvalue weighted by Gasteiger charge is -2.32. The molecule has 106 valence electrons. The quantitative estimate of drug-likeness (QED) is 0.888. The lowest BCUT2D eigenvalue weighted by Crippen LogP contribution is -2.41. The highest BCUT2D eigenvalue weighted by Crippen LogP contribution is 2.16. The van der Waals surface area contributed by atoms with Crippen molar-refractivity contribution in [2.75, 3.05) is 26.2 Å². The van der Waals surface area contributed by atoms with E-state index in [1.54, 1.807) is 12.1 Å². The molecular weight excluding hydrogens is 245 g/mol. The van der Waals surface area contributed by atoms with Gasteiger partial charge in [0.15, 0.2) is 0 Å². The first kappa shape index (κ1) is 14.3. The average molecular weight is 267 g/mol. The molecule has 0 radical (unpaired) electrons. The van der Waals surface area contributed by atoms with Gasteiger partial charge in [-0.05, 0) is 49.6 Å². The number of aliphatic hydroxyl groups excluding tert-OH is 1. The molecule has 1 aliphatic heterocycles. The third kappa shape index (κ3) is 4.80.